The SMILES string of the molecule is COc1ccc(-c2nnc(SCCCOc3cccc(Cl)c3)o2)cc1OC. The normalized spacial score (nSPS) is 10.6. The van der Waals surface area contributed by atoms with Gasteiger partial charge in [-0.05, 0) is 42.8 Å². The second kappa shape index (κ2) is 9.53. The van der Waals surface area contributed by atoms with Crippen LogP contribution in [0, 0.1) is 0 Å². The van der Waals surface area contributed by atoms with Crippen molar-refractivity contribution in [2.24, 2.45) is 0 Å². The van der Waals surface area contributed by atoms with Crippen LogP contribution in [-0.2, 0) is 0 Å². The molecule has 0 unspecified atom stereocenters. The first-order valence-corrected chi connectivity index (χ1v) is 9.63. The van der Waals surface area contributed by atoms with Crippen molar-refractivity contribution in [2.75, 3.05) is 26.6 Å². The number of hydrogen-bond acceptors (Lipinski definition) is 7. The number of hydrogen-bond donors (Lipinski definition) is 0. The molecule has 0 amide bonds. The summed E-state index contributed by atoms with van der Waals surface area (Å²) >= 11 is 7.42. The van der Waals surface area contributed by atoms with Gasteiger partial charge in [0, 0.05) is 16.3 Å². The number of methoxy groups -OCH3 is 2. The number of thioether (sulfide) groups is 1. The van der Waals surface area contributed by atoms with Crippen molar-refractivity contribution < 1.29 is 18.6 Å². The van der Waals surface area contributed by atoms with Crippen LogP contribution in [-0.4, -0.2) is 36.8 Å². The third-order valence-corrected chi connectivity index (χ3v) is 4.76. The summed E-state index contributed by atoms with van der Waals surface area (Å²) in [5.74, 6) is 3.26. The van der Waals surface area contributed by atoms with Crippen LogP contribution in [0.25, 0.3) is 11.5 Å². The van der Waals surface area contributed by atoms with E-state index >= 15 is 0 Å². The average molecular weight is 407 g/mol. The molecule has 0 aliphatic rings. The Morgan fingerprint density at radius 3 is 2.67 bits per heavy atom. The minimum atomic E-state index is 0.439. The van der Waals surface area contributed by atoms with Gasteiger partial charge in [-0.2, -0.15) is 0 Å². The summed E-state index contributed by atoms with van der Waals surface area (Å²) in [5, 5.41) is 9.35. The van der Waals surface area contributed by atoms with E-state index in [0.717, 1.165) is 23.5 Å². The van der Waals surface area contributed by atoms with Crippen LogP contribution in [0.3, 0.4) is 0 Å². The lowest BCUT2D eigenvalue weighted by molar-refractivity contribution is 0.318. The first-order chi connectivity index (χ1) is 13.2. The molecule has 8 heteroatoms. The van der Waals surface area contributed by atoms with Crippen LogP contribution < -0.4 is 14.2 Å². The van der Waals surface area contributed by atoms with Crippen molar-refractivity contribution in [1.29, 1.82) is 0 Å². The van der Waals surface area contributed by atoms with Gasteiger partial charge >= 0.3 is 0 Å². The van der Waals surface area contributed by atoms with E-state index in [4.69, 9.17) is 30.2 Å². The molecule has 142 valence electrons. The zero-order chi connectivity index (χ0) is 19.1. The van der Waals surface area contributed by atoms with Crippen LogP contribution in [0.15, 0.2) is 52.1 Å². The largest absolute Gasteiger partial charge is 0.494 e. The maximum atomic E-state index is 5.93. The Morgan fingerprint density at radius 1 is 1.04 bits per heavy atom. The molecule has 6 nitrogen and oxygen atoms in total. The summed E-state index contributed by atoms with van der Waals surface area (Å²) in [6.07, 6.45) is 0.839. The first-order valence-electron chi connectivity index (χ1n) is 8.26. The van der Waals surface area contributed by atoms with Gasteiger partial charge in [-0.25, -0.2) is 0 Å². The monoisotopic (exact) mass is 406 g/mol. The minimum absolute atomic E-state index is 0.439. The van der Waals surface area contributed by atoms with E-state index in [9.17, 15) is 0 Å². The lowest BCUT2D eigenvalue weighted by Crippen LogP contribution is -1.98. The Labute approximate surface area is 166 Å². The summed E-state index contributed by atoms with van der Waals surface area (Å²) in [6, 6.07) is 12.8. The van der Waals surface area contributed by atoms with Gasteiger partial charge in [0.1, 0.15) is 5.75 Å². The number of aromatic nitrogens is 2. The molecular formula is C19H19ClN2O4S. The molecule has 0 saturated heterocycles. The molecule has 0 N–H and O–H groups in total. The Morgan fingerprint density at radius 2 is 1.89 bits per heavy atom. The third-order valence-electron chi connectivity index (χ3n) is 3.62. The maximum Gasteiger partial charge on any atom is 0.276 e. The van der Waals surface area contributed by atoms with Gasteiger partial charge in [0.05, 0.1) is 20.8 Å². The lowest BCUT2D eigenvalue weighted by Gasteiger charge is -2.07. The van der Waals surface area contributed by atoms with Crippen molar-refractivity contribution in [3.63, 3.8) is 0 Å². The van der Waals surface area contributed by atoms with E-state index in [2.05, 4.69) is 10.2 Å². The molecule has 3 rings (SSSR count). The molecule has 0 saturated carbocycles. The lowest BCUT2D eigenvalue weighted by atomic mass is 10.2. The Kier molecular flexibility index (Phi) is 6.84. The fourth-order valence-corrected chi connectivity index (χ4v) is 3.17. The molecule has 0 fully saturated rings. The van der Waals surface area contributed by atoms with Crippen molar-refractivity contribution in [3.8, 4) is 28.7 Å². The van der Waals surface area contributed by atoms with Crippen LogP contribution in [0.5, 0.6) is 17.2 Å². The molecule has 0 aliphatic carbocycles. The van der Waals surface area contributed by atoms with E-state index in [0.29, 0.717) is 34.2 Å². The number of ether oxygens (including phenoxy) is 3. The van der Waals surface area contributed by atoms with Gasteiger partial charge in [0.15, 0.2) is 11.5 Å². The molecule has 0 atom stereocenters. The second-order valence-electron chi connectivity index (χ2n) is 5.45. The van der Waals surface area contributed by atoms with Crippen molar-refractivity contribution >= 4 is 23.4 Å². The summed E-state index contributed by atoms with van der Waals surface area (Å²) in [5.41, 5.74) is 0.774. The van der Waals surface area contributed by atoms with Gasteiger partial charge in [0.2, 0.25) is 5.89 Å². The molecule has 27 heavy (non-hydrogen) atoms. The number of nitrogens with zero attached hydrogens (tertiary/aromatic N) is 2. The molecule has 3 aromatic rings. The Hall–Kier alpha value is -2.38. The van der Waals surface area contributed by atoms with Crippen molar-refractivity contribution in [3.05, 3.63) is 47.5 Å². The second-order valence-corrected chi connectivity index (χ2v) is 6.93. The highest BCUT2D eigenvalue weighted by molar-refractivity contribution is 7.99. The third kappa shape index (κ3) is 5.30. The first kappa shape index (κ1) is 19.4. The fraction of sp³-hybridized carbons (Fsp3) is 0.263. The minimum Gasteiger partial charge on any atom is -0.494 e. The van der Waals surface area contributed by atoms with Gasteiger partial charge in [0.25, 0.3) is 5.22 Å². The van der Waals surface area contributed by atoms with Crippen LogP contribution in [0.1, 0.15) is 6.42 Å². The maximum absolute atomic E-state index is 5.93. The number of rotatable bonds is 9. The van der Waals surface area contributed by atoms with E-state index in [-0.39, 0.29) is 0 Å². The summed E-state index contributed by atoms with van der Waals surface area (Å²) in [6.45, 7) is 0.587. The van der Waals surface area contributed by atoms with Gasteiger partial charge in [-0.3, -0.25) is 0 Å². The molecule has 1 heterocycles. The molecule has 0 spiro atoms. The molecular weight excluding hydrogens is 388 g/mol. The molecule has 2 aromatic carbocycles. The summed E-state index contributed by atoms with van der Waals surface area (Å²) < 4.78 is 21.9. The van der Waals surface area contributed by atoms with Crippen LogP contribution in [0.2, 0.25) is 5.02 Å². The average Bonchev–Trinajstić information content (AvgIpc) is 3.16. The van der Waals surface area contributed by atoms with E-state index < -0.39 is 0 Å². The predicted molar refractivity (Wildman–Crippen MR) is 105 cm³/mol. The highest BCUT2D eigenvalue weighted by Crippen LogP contribution is 2.32. The smallest absolute Gasteiger partial charge is 0.276 e. The van der Waals surface area contributed by atoms with Crippen LogP contribution in [0.4, 0.5) is 0 Å². The van der Waals surface area contributed by atoms with E-state index in [1.54, 1.807) is 32.4 Å². The highest BCUT2D eigenvalue weighted by atomic mass is 35.5. The van der Waals surface area contributed by atoms with Crippen molar-refractivity contribution in [2.45, 2.75) is 11.6 Å². The zero-order valence-corrected chi connectivity index (χ0v) is 16.5. The van der Waals surface area contributed by atoms with Crippen LogP contribution >= 0.6 is 23.4 Å². The molecule has 0 radical (unpaired) electrons. The van der Waals surface area contributed by atoms with E-state index in [1.807, 2.05) is 24.3 Å². The topological polar surface area (TPSA) is 66.6 Å². The summed E-state index contributed by atoms with van der Waals surface area (Å²) in [7, 11) is 3.18. The van der Waals surface area contributed by atoms with Gasteiger partial charge in [-0.15, -0.1) is 10.2 Å². The molecule has 1 aromatic heterocycles. The molecule has 0 aliphatic heterocycles. The summed E-state index contributed by atoms with van der Waals surface area (Å²) in [4.78, 5) is 0. The Balaban J connectivity index is 1.49. The highest BCUT2D eigenvalue weighted by Gasteiger charge is 2.12. The number of halogens is 1. The standard InChI is InChI=1S/C19H19ClN2O4S/c1-23-16-8-7-13(11-17(16)24-2)18-21-22-19(26-18)27-10-4-9-25-15-6-3-5-14(20)12-15/h3,5-8,11-12H,4,9-10H2,1-2H3. The van der Waals surface area contributed by atoms with Crippen molar-refractivity contribution in [1.82, 2.24) is 10.2 Å². The zero-order valence-electron chi connectivity index (χ0n) is 15.0. The van der Waals surface area contributed by atoms with Gasteiger partial charge < -0.3 is 18.6 Å². The predicted octanol–water partition coefficient (Wildman–Crippen LogP) is 4.97. The van der Waals surface area contributed by atoms with Gasteiger partial charge in [-0.1, -0.05) is 29.4 Å². The fourth-order valence-electron chi connectivity index (χ4n) is 2.32. The number of benzene rings is 2. The van der Waals surface area contributed by atoms with E-state index in [1.165, 1.54) is 11.8 Å². The molecule has 0 bridgehead atoms. The quantitative estimate of drug-likeness (QED) is 0.367. The Bertz CT molecular complexity index is 888.